The van der Waals surface area contributed by atoms with Crippen LogP contribution in [0.1, 0.15) is 12.8 Å². The third kappa shape index (κ3) is 3.97. The normalized spacial score (nSPS) is 11.7. The van der Waals surface area contributed by atoms with E-state index in [9.17, 15) is 0 Å². The summed E-state index contributed by atoms with van der Waals surface area (Å²) in [5, 5.41) is 11.3. The molecule has 0 saturated heterocycles. The summed E-state index contributed by atoms with van der Waals surface area (Å²) in [5.74, 6) is 0.948. The zero-order valence-electron chi connectivity index (χ0n) is 6.02. The van der Waals surface area contributed by atoms with Crippen LogP contribution in [-0.2, 0) is 0 Å². The second-order valence-corrected chi connectivity index (χ2v) is 1.75. The Labute approximate surface area is 55.8 Å². The monoisotopic (exact) mass is 130 g/mol. The molecule has 0 saturated carbocycles. The van der Waals surface area contributed by atoms with Crippen molar-refractivity contribution in [2.24, 2.45) is 4.99 Å². The molecule has 0 aliphatic rings. The molecule has 0 aromatic rings. The number of nitrogens with one attached hydrogen (secondary N) is 1. The fourth-order valence-electron chi connectivity index (χ4n) is 0.595. The molecular formula is C6H14N2O. The molecule has 0 amide bonds. The molecule has 0 aromatic heterocycles. The van der Waals surface area contributed by atoms with Crippen molar-refractivity contribution in [2.75, 3.05) is 20.7 Å². The van der Waals surface area contributed by atoms with Crippen molar-refractivity contribution in [3.05, 3.63) is 0 Å². The minimum atomic E-state index is 0.237. The molecule has 0 atom stereocenters. The highest BCUT2D eigenvalue weighted by Crippen LogP contribution is 1.87. The van der Waals surface area contributed by atoms with Crippen molar-refractivity contribution in [2.45, 2.75) is 12.8 Å². The van der Waals surface area contributed by atoms with Gasteiger partial charge in [-0.2, -0.15) is 0 Å². The van der Waals surface area contributed by atoms with Gasteiger partial charge in [0, 0.05) is 27.1 Å². The molecule has 0 bridgehead atoms. The number of aliphatic hydroxyl groups is 1. The molecule has 9 heavy (non-hydrogen) atoms. The van der Waals surface area contributed by atoms with Crippen LogP contribution < -0.4 is 5.32 Å². The highest BCUT2D eigenvalue weighted by Gasteiger charge is 1.91. The first-order valence-electron chi connectivity index (χ1n) is 3.09. The lowest BCUT2D eigenvalue weighted by atomic mass is 10.3. The van der Waals surface area contributed by atoms with E-state index < -0.39 is 0 Å². The first-order chi connectivity index (χ1) is 4.35. The molecule has 0 aromatic carbocycles. The van der Waals surface area contributed by atoms with Crippen LogP contribution in [-0.4, -0.2) is 31.6 Å². The summed E-state index contributed by atoms with van der Waals surface area (Å²) in [6.07, 6.45) is 1.62. The Balaban J connectivity index is 3.33. The third-order valence-corrected chi connectivity index (χ3v) is 1.13. The van der Waals surface area contributed by atoms with Gasteiger partial charge in [-0.3, -0.25) is 4.99 Å². The van der Waals surface area contributed by atoms with Gasteiger partial charge >= 0.3 is 0 Å². The Morgan fingerprint density at radius 2 is 2.33 bits per heavy atom. The number of hydrogen-bond donors (Lipinski definition) is 2. The average Bonchev–Trinajstić information content (AvgIpc) is 1.91. The minimum Gasteiger partial charge on any atom is -0.396 e. The van der Waals surface area contributed by atoms with Gasteiger partial charge in [0.15, 0.2) is 0 Å². The number of nitrogens with zero attached hydrogens (tertiary/aromatic N) is 1. The molecule has 0 heterocycles. The maximum absolute atomic E-state index is 8.42. The molecule has 0 unspecified atom stereocenters. The number of aliphatic imine (C=N–C) groups is 1. The van der Waals surface area contributed by atoms with Gasteiger partial charge in [-0.05, 0) is 6.42 Å². The highest BCUT2D eigenvalue weighted by molar-refractivity contribution is 5.81. The van der Waals surface area contributed by atoms with Crippen molar-refractivity contribution in [3.63, 3.8) is 0 Å². The van der Waals surface area contributed by atoms with E-state index in [2.05, 4.69) is 10.3 Å². The lowest BCUT2D eigenvalue weighted by Crippen LogP contribution is -2.18. The lowest BCUT2D eigenvalue weighted by molar-refractivity contribution is 0.291. The zero-order chi connectivity index (χ0) is 7.11. The second-order valence-electron chi connectivity index (χ2n) is 1.75. The Morgan fingerprint density at radius 3 is 2.67 bits per heavy atom. The number of aliphatic hydroxyl groups excluding tert-OH is 1. The fourth-order valence-corrected chi connectivity index (χ4v) is 0.595. The summed E-state index contributed by atoms with van der Waals surface area (Å²) in [6, 6.07) is 0. The summed E-state index contributed by atoms with van der Waals surface area (Å²) in [7, 11) is 3.57. The summed E-state index contributed by atoms with van der Waals surface area (Å²) in [5.41, 5.74) is 0. The number of rotatable bonds is 3. The van der Waals surface area contributed by atoms with Crippen LogP contribution in [0.4, 0.5) is 0 Å². The van der Waals surface area contributed by atoms with Gasteiger partial charge in [0.2, 0.25) is 0 Å². The molecule has 0 rings (SSSR count). The van der Waals surface area contributed by atoms with E-state index >= 15 is 0 Å². The Morgan fingerprint density at radius 1 is 1.67 bits per heavy atom. The van der Waals surface area contributed by atoms with Crippen LogP contribution in [0.2, 0.25) is 0 Å². The smallest absolute Gasteiger partial charge is 0.0957 e. The van der Waals surface area contributed by atoms with E-state index in [1.807, 2.05) is 7.05 Å². The molecule has 0 radical (unpaired) electrons. The second kappa shape index (κ2) is 5.56. The topological polar surface area (TPSA) is 44.6 Å². The third-order valence-electron chi connectivity index (χ3n) is 1.13. The predicted molar refractivity (Wildman–Crippen MR) is 38.7 cm³/mol. The van der Waals surface area contributed by atoms with Crippen molar-refractivity contribution >= 4 is 5.84 Å². The summed E-state index contributed by atoms with van der Waals surface area (Å²) in [4.78, 5) is 3.94. The highest BCUT2D eigenvalue weighted by atomic mass is 16.2. The summed E-state index contributed by atoms with van der Waals surface area (Å²) in [6.45, 7) is 0.237. The van der Waals surface area contributed by atoms with E-state index in [0.29, 0.717) is 0 Å². The average molecular weight is 130 g/mol. The van der Waals surface area contributed by atoms with Crippen LogP contribution in [0.5, 0.6) is 0 Å². The van der Waals surface area contributed by atoms with Crippen molar-refractivity contribution in [1.82, 2.24) is 5.32 Å². The number of hydrogen-bond acceptors (Lipinski definition) is 2. The maximum Gasteiger partial charge on any atom is 0.0957 e. The largest absolute Gasteiger partial charge is 0.396 e. The SMILES string of the molecule is CN=C(CCCO)NC. The molecule has 0 aliphatic heterocycles. The van der Waals surface area contributed by atoms with Crippen molar-refractivity contribution in [3.8, 4) is 0 Å². The van der Waals surface area contributed by atoms with Crippen molar-refractivity contribution in [1.29, 1.82) is 0 Å². The number of amidine groups is 1. The molecule has 3 nitrogen and oxygen atoms in total. The fraction of sp³-hybridized carbons (Fsp3) is 0.833. The predicted octanol–water partition coefficient (Wildman–Crippen LogP) is 0.00660. The van der Waals surface area contributed by atoms with E-state index in [1.165, 1.54) is 0 Å². The molecule has 2 N–H and O–H groups in total. The molecular weight excluding hydrogens is 116 g/mol. The quantitative estimate of drug-likeness (QED) is 0.417. The van der Waals surface area contributed by atoms with E-state index in [0.717, 1.165) is 18.7 Å². The van der Waals surface area contributed by atoms with Crippen LogP contribution in [0.25, 0.3) is 0 Å². The zero-order valence-corrected chi connectivity index (χ0v) is 6.02. The van der Waals surface area contributed by atoms with Crippen molar-refractivity contribution < 1.29 is 5.11 Å². The molecule has 0 aliphatic carbocycles. The summed E-state index contributed by atoms with van der Waals surface area (Å²) < 4.78 is 0. The van der Waals surface area contributed by atoms with Gasteiger partial charge in [0.05, 0.1) is 5.84 Å². The van der Waals surface area contributed by atoms with Gasteiger partial charge in [0.1, 0.15) is 0 Å². The van der Waals surface area contributed by atoms with Gasteiger partial charge in [-0.25, -0.2) is 0 Å². The first-order valence-corrected chi connectivity index (χ1v) is 3.09. The molecule has 54 valence electrons. The van der Waals surface area contributed by atoms with Crippen LogP contribution >= 0.6 is 0 Å². The van der Waals surface area contributed by atoms with E-state index in [1.54, 1.807) is 7.05 Å². The van der Waals surface area contributed by atoms with Gasteiger partial charge in [-0.15, -0.1) is 0 Å². The van der Waals surface area contributed by atoms with Crippen LogP contribution in [0, 0.1) is 0 Å². The maximum atomic E-state index is 8.42. The van der Waals surface area contributed by atoms with Crippen LogP contribution in [0.15, 0.2) is 4.99 Å². The van der Waals surface area contributed by atoms with E-state index in [-0.39, 0.29) is 6.61 Å². The Kier molecular flexibility index (Phi) is 5.21. The summed E-state index contributed by atoms with van der Waals surface area (Å²) >= 11 is 0. The van der Waals surface area contributed by atoms with Gasteiger partial charge in [0.25, 0.3) is 0 Å². The molecule has 3 heteroatoms. The van der Waals surface area contributed by atoms with Gasteiger partial charge in [-0.1, -0.05) is 0 Å². The molecule has 0 fully saturated rings. The Bertz CT molecular complexity index is 91.1. The van der Waals surface area contributed by atoms with Crippen LogP contribution in [0.3, 0.4) is 0 Å². The van der Waals surface area contributed by atoms with E-state index in [4.69, 9.17) is 5.11 Å². The Hall–Kier alpha value is -0.570. The van der Waals surface area contributed by atoms with Gasteiger partial charge < -0.3 is 10.4 Å². The molecule has 0 spiro atoms. The standard InChI is InChI=1S/C6H14N2O/c1-7-6(8-2)4-3-5-9/h9H,3-5H2,1-2H3,(H,7,8). The minimum absolute atomic E-state index is 0.237. The lowest BCUT2D eigenvalue weighted by Gasteiger charge is -2.00. The first kappa shape index (κ1) is 8.43.